The molecule has 110 valence electrons. The molecule has 2 aromatic rings. The number of halogens is 1. The SMILES string of the molecule is COc1ccc(Cl)cc1C(N)c1cccc2c1OCCC2. The van der Waals surface area contributed by atoms with Gasteiger partial charge in [-0.05, 0) is 36.6 Å². The van der Waals surface area contributed by atoms with E-state index < -0.39 is 0 Å². The predicted octanol–water partition coefficient (Wildman–Crippen LogP) is 3.72. The molecule has 21 heavy (non-hydrogen) atoms. The number of hydrogen-bond acceptors (Lipinski definition) is 3. The minimum absolute atomic E-state index is 0.327. The van der Waals surface area contributed by atoms with Crippen LogP contribution in [0.3, 0.4) is 0 Å². The van der Waals surface area contributed by atoms with Crippen LogP contribution in [0.5, 0.6) is 11.5 Å². The predicted molar refractivity (Wildman–Crippen MR) is 84.3 cm³/mol. The van der Waals surface area contributed by atoms with Gasteiger partial charge in [-0.25, -0.2) is 0 Å². The third kappa shape index (κ3) is 2.71. The normalized spacial score (nSPS) is 15.0. The highest BCUT2D eigenvalue weighted by Gasteiger charge is 2.22. The summed E-state index contributed by atoms with van der Waals surface area (Å²) in [6, 6.07) is 11.3. The number of fused-ring (bicyclic) bond motifs is 1. The van der Waals surface area contributed by atoms with Crippen molar-refractivity contribution in [3.8, 4) is 11.5 Å². The maximum absolute atomic E-state index is 6.47. The van der Waals surface area contributed by atoms with Gasteiger partial charge in [-0.3, -0.25) is 0 Å². The van der Waals surface area contributed by atoms with E-state index in [1.807, 2.05) is 24.3 Å². The largest absolute Gasteiger partial charge is 0.496 e. The van der Waals surface area contributed by atoms with Crippen molar-refractivity contribution in [3.05, 3.63) is 58.1 Å². The number of rotatable bonds is 3. The van der Waals surface area contributed by atoms with Gasteiger partial charge >= 0.3 is 0 Å². The van der Waals surface area contributed by atoms with Crippen LogP contribution in [-0.2, 0) is 6.42 Å². The van der Waals surface area contributed by atoms with Gasteiger partial charge in [0.25, 0.3) is 0 Å². The lowest BCUT2D eigenvalue weighted by atomic mass is 9.94. The second-order valence-corrected chi connectivity index (χ2v) is 5.59. The summed E-state index contributed by atoms with van der Waals surface area (Å²) in [5.41, 5.74) is 9.53. The van der Waals surface area contributed by atoms with Gasteiger partial charge in [0.2, 0.25) is 0 Å². The fraction of sp³-hybridized carbons (Fsp3) is 0.294. The van der Waals surface area contributed by atoms with Crippen LogP contribution in [-0.4, -0.2) is 13.7 Å². The molecule has 1 aliphatic rings. The summed E-state index contributed by atoms with van der Waals surface area (Å²) in [5, 5.41) is 0.645. The summed E-state index contributed by atoms with van der Waals surface area (Å²) in [7, 11) is 1.64. The molecule has 0 amide bonds. The molecule has 1 heterocycles. The number of methoxy groups -OCH3 is 1. The Balaban J connectivity index is 2.07. The molecule has 1 unspecified atom stereocenters. The number of benzene rings is 2. The van der Waals surface area contributed by atoms with Gasteiger partial charge in [0, 0.05) is 16.1 Å². The Kier molecular flexibility index (Phi) is 4.04. The maximum atomic E-state index is 6.47. The molecule has 2 aromatic carbocycles. The van der Waals surface area contributed by atoms with Crippen molar-refractivity contribution in [1.82, 2.24) is 0 Å². The lowest BCUT2D eigenvalue weighted by molar-refractivity contribution is 0.284. The highest BCUT2D eigenvalue weighted by atomic mass is 35.5. The topological polar surface area (TPSA) is 44.5 Å². The molecule has 0 fully saturated rings. The van der Waals surface area contributed by atoms with E-state index in [9.17, 15) is 0 Å². The fourth-order valence-corrected chi connectivity index (χ4v) is 2.96. The first kappa shape index (κ1) is 14.2. The van der Waals surface area contributed by atoms with Crippen LogP contribution in [0, 0.1) is 0 Å². The first-order valence-corrected chi connectivity index (χ1v) is 7.42. The van der Waals surface area contributed by atoms with Gasteiger partial charge in [-0.15, -0.1) is 0 Å². The Morgan fingerprint density at radius 1 is 1.24 bits per heavy atom. The quantitative estimate of drug-likeness (QED) is 0.940. The molecule has 2 N–H and O–H groups in total. The molecule has 0 aliphatic carbocycles. The van der Waals surface area contributed by atoms with Crippen molar-refractivity contribution in [2.24, 2.45) is 5.73 Å². The smallest absolute Gasteiger partial charge is 0.127 e. The number of hydrogen-bond donors (Lipinski definition) is 1. The second kappa shape index (κ2) is 5.96. The van der Waals surface area contributed by atoms with Crippen molar-refractivity contribution in [2.45, 2.75) is 18.9 Å². The lowest BCUT2D eigenvalue weighted by Gasteiger charge is -2.24. The summed E-state index contributed by atoms with van der Waals surface area (Å²) < 4.78 is 11.3. The van der Waals surface area contributed by atoms with Crippen molar-refractivity contribution in [1.29, 1.82) is 0 Å². The van der Waals surface area contributed by atoms with E-state index in [2.05, 4.69) is 6.07 Å². The van der Waals surface area contributed by atoms with E-state index in [1.165, 1.54) is 5.56 Å². The Morgan fingerprint density at radius 3 is 2.90 bits per heavy atom. The molecular formula is C17H18ClNO2. The highest BCUT2D eigenvalue weighted by molar-refractivity contribution is 6.30. The second-order valence-electron chi connectivity index (χ2n) is 5.15. The first-order valence-electron chi connectivity index (χ1n) is 7.04. The number of aryl methyl sites for hydroxylation is 1. The molecular weight excluding hydrogens is 286 g/mol. The molecule has 0 saturated carbocycles. The number of ether oxygens (including phenoxy) is 2. The van der Waals surface area contributed by atoms with E-state index in [0.29, 0.717) is 5.02 Å². The van der Waals surface area contributed by atoms with Gasteiger partial charge in [0.15, 0.2) is 0 Å². The van der Waals surface area contributed by atoms with Crippen molar-refractivity contribution in [3.63, 3.8) is 0 Å². The van der Waals surface area contributed by atoms with E-state index >= 15 is 0 Å². The lowest BCUT2D eigenvalue weighted by Crippen LogP contribution is -2.18. The van der Waals surface area contributed by atoms with Crippen LogP contribution >= 0.6 is 11.6 Å². The molecule has 4 heteroatoms. The standard InChI is InChI=1S/C17H18ClNO2/c1-20-15-8-7-12(18)10-14(15)16(19)13-6-2-4-11-5-3-9-21-17(11)13/h2,4,6-8,10,16H,3,5,9,19H2,1H3. The molecule has 1 aliphatic heterocycles. The zero-order chi connectivity index (χ0) is 14.8. The Morgan fingerprint density at radius 2 is 2.10 bits per heavy atom. The molecule has 0 radical (unpaired) electrons. The zero-order valence-corrected chi connectivity index (χ0v) is 12.7. The van der Waals surface area contributed by atoms with Crippen molar-refractivity contribution < 1.29 is 9.47 Å². The first-order chi connectivity index (χ1) is 10.2. The van der Waals surface area contributed by atoms with Crippen LogP contribution in [0.1, 0.15) is 29.2 Å². The Labute approximate surface area is 129 Å². The fourth-order valence-electron chi connectivity index (χ4n) is 2.78. The molecule has 0 aromatic heterocycles. The number of para-hydroxylation sites is 1. The third-order valence-electron chi connectivity index (χ3n) is 3.83. The monoisotopic (exact) mass is 303 g/mol. The average molecular weight is 304 g/mol. The van der Waals surface area contributed by atoms with Crippen LogP contribution in [0.25, 0.3) is 0 Å². The molecule has 3 rings (SSSR count). The van der Waals surface area contributed by atoms with Crippen LogP contribution in [0.4, 0.5) is 0 Å². The van der Waals surface area contributed by atoms with Crippen molar-refractivity contribution in [2.75, 3.05) is 13.7 Å². The van der Waals surface area contributed by atoms with Gasteiger partial charge in [0.1, 0.15) is 11.5 Å². The zero-order valence-electron chi connectivity index (χ0n) is 11.9. The molecule has 0 saturated heterocycles. The summed E-state index contributed by atoms with van der Waals surface area (Å²) in [6.07, 6.45) is 2.08. The summed E-state index contributed by atoms with van der Waals surface area (Å²) in [4.78, 5) is 0. The highest BCUT2D eigenvalue weighted by Crippen LogP contribution is 2.37. The summed E-state index contributed by atoms with van der Waals surface area (Å²) >= 11 is 6.11. The van der Waals surface area contributed by atoms with Crippen molar-refractivity contribution >= 4 is 11.6 Å². The minimum Gasteiger partial charge on any atom is -0.496 e. The van der Waals surface area contributed by atoms with E-state index in [-0.39, 0.29) is 6.04 Å². The Bertz CT molecular complexity index is 657. The van der Waals surface area contributed by atoms with E-state index in [1.54, 1.807) is 13.2 Å². The van der Waals surface area contributed by atoms with Crippen LogP contribution < -0.4 is 15.2 Å². The van der Waals surface area contributed by atoms with Crippen LogP contribution in [0.15, 0.2) is 36.4 Å². The minimum atomic E-state index is -0.327. The van der Waals surface area contributed by atoms with Gasteiger partial charge in [-0.1, -0.05) is 29.8 Å². The third-order valence-corrected chi connectivity index (χ3v) is 4.06. The molecule has 0 bridgehead atoms. The average Bonchev–Trinajstić information content (AvgIpc) is 2.53. The van der Waals surface area contributed by atoms with Gasteiger partial charge in [-0.2, -0.15) is 0 Å². The summed E-state index contributed by atoms with van der Waals surface area (Å²) in [5.74, 6) is 1.65. The maximum Gasteiger partial charge on any atom is 0.127 e. The van der Waals surface area contributed by atoms with Crippen LogP contribution in [0.2, 0.25) is 5.02 Å². The molecule has 0 spiro atoms. The van der Waals surface area contributed by atoms with E-state index in [0.717, 1.165) is 42.1 Å². The Hall–Kier alpha value is -1.71. The number of nitrogens with two attached hydrogens (primary N) is 1. The summed E-state index contributed by atoms with van der Waals surface area (Å²) in [6.45, 7) is 0.739. The van der Waals surface area contributed by atoms with Gasteiger partial charge in [0.05, 0.1) is 19.8 Å². The molecule has 3 nitrogen and oxygen atoms in total. The van der Waals surface area contributed by atoms with Gasteiger partial charge < -0.3 is 15.2 Å². The molecule has 1 atom stereocenters. The van der Waals surface area contributed by atoms with E-state index in [4.69, 9.17) is 26.8 Å².